The van der Waals surface area contributed by atoms with Crippen LogP contribution in [0.3, 0.4) is 0 Å². The molecule has 0 aliphatic carbocycles. The van der Waals surface area contributed by atoms with E-state index in [1.54, 1.807) is 6.92 Å². The van der Waals surface area contributed by atoms with Crippen LogP contribution in [0.15, 0.2) is 48.5 Å². The van der Waals surface area contributed by atoms with Gasteiger partial charge in [-0.2, -0.15) is 0 Å². The average Bonchev–Trinajstić information content (AvgIpc) is 2.45. The molecule has 0 aromatic heterocycles. The number of likely N-dealkylation sites (N-methyl/N-ethyl adjacent to an activating group) is 1. The standard InChI is InChI=1S/C17H20ClNO/c1-13(20)15-8-9-17(16(18)12-15)19(2)11-10-14-6-4-3-5-7-14/h3-9,12-13,20H,10-11H2,1-2H3/t13-/m1/s1. The van der Waals surface area contributed by atoms with Gasteiger partial charge in [-0.1, -0.05) is 48.0 Å². The summed E-state index contributed by atoms with van der Waals surface area (Å²) in [5.41, 5.74) is 3.15. The van der Waals surface area contributed by atoms with E-state index in [-0.39, 0.29) is 0 Å². The van der Waals surface area contributed by atoms with E-state index in [0.717, 1.165) is 24.2 Å². The van der Waals surface area contributed by atoms with Crippen molar-refractivity contribution in [2.45, 2.75) is 19.4 Å². The van der Waals surface area contributed by atoms with E-state index in [4.69, 9.17) is 11.6 Å². The van der Waals surface area contributed by atoms with Crippen LogP contribution >= 0.6 is 11.6 Å². The van der Waals surface area contributed by atoms with Crippen LogP contribution in [0.4, 0.5) is 5.69 Å². The Bertz CT molecular complexity index is 554. The van der Waals surface area contributed by atoms with Crippen molar-refractivity contribution < 1.29 is 5.11 Å². The van der Waals surface area contributed by atoms with Gasteiger partial charge in [0, 0.05) is 13.6 Å². The number of benzene rings is 2. The van der Waals surface area contributed by atoms with E-state index in [1.165, 1.54) is 5.56 Å². The van der Waals surface area contributed by atoms with Crippen LogP contribution in [0.1, 0.15) is 24.2 Å². The summed E-state index contributed by atoms with van der Waals surface area (Å²) in [6, 6.07) is 16.1. The highest BCUT2D eigenvalue weighted by atomic mass is 35.5. The quantitative estimate of drug-likeness (QED) is 0.897. The molecule has 1 N–H and O–H groups in total. The van der Waals surface area contributed by atoms with Gasteiger partial charge in [0.1, 0.15) is 0 Å². The third-order valence-electron chi connectivity index (χ3n) is 3.44. The lowest BCUT2D eigenvalue weighted by molar-refractivity contribution is 0.199. The van der Waals surface area contributed by atoms with Crippen LogP contribution < -0.4 is 4.90 Å². The molecule has 2 nitrogen and oxygen atoms in total. The molecule has 0 radical (unpaired) electrons. The molecule has 1 atom stereocenters. The van der Waals surface area contributed by atoms with Crippen molar-refractivity contribution in [2.75, 3.05) is 18.5 Å². The fourth-order valence-electron chi connectivity index (χ4n) is 2.15. The highest BCUT2D eigenvalue weighted by Gasteiger charge is 2.09. The van der Waals surface area contributed by atoms with Crippen molar-refractivity contribution in [3.63, 3.8) is 0 Å². The minimum absolute atomic E-state index is 0.490. The van der Waals surface area contributed by atoms with Crippen LogP contribution in [-0.4, -0.2) is 18.7 Å². The summed E-state index contributed by atoms with van der Waals surface area (Å²) in [6.07, 6.45) is 0.488. The maximum atomic E-state index is 9.56. The van der Waals surface area contributed by atoms with Gasteiger partial charge in [-0.3, -0.25) is 0 Å². The van der Waals surface area contributed by atoms with Crippen LogP contribution in [-0.2, 0) is 6.42 Å². The second-order valence-corrected chi connectivity index (χ2v) is 5.45. The Labute approximate surface area is 125 Å². The number of nitrogens with zero attached hydrogens (tertiary/aromatic N) is 1. The zero-order chi connectivity index (χ0) is 14.5. The normalized spacial score (nSPS) is 12.2. The molecule has 0 unspecified atom stereocenters. The van der Waals surface area contributed by atoms with Crippen LogP contribution in [0.2, 0.25) is 5.02 Å². The number of hydrogen-bond donors (Lipinski definition) is 1. The zero-order valence-corrected chi connectivity index (χ0v) is 12.6. The molecule has 0 spiro atoms. The van der Waals surface area contributed by atoms with Crippen molar-refractivity contribution >= 4 is 17.3 Å². The summed E-state index contributed by atoms with van der Waals surface area (Å²) in [5, 5.41) is 10.2. The number of hydrogen-bond acceptors (Lipinski definition) is 2. The number of aliphatic hydroxyl groups excluding tert-OH is 1. The Kier molecular flexibility index (Phi) is 5.05. The third kappa shape index (κ3) is 3.75. The van der Waals surface area contributed by atoms with E-state index in [1.807, 2.05) is 31.3 Å². The third-order valence-corrected chi connectivity index (χ3v) is 3.75. The molecule has 106 valence electrons. The highest BCUT2D eigenvalue weighted by molar-refractivity contribution is 6.33. The van der Waals surface area contributed by atoms with Crippen LogP contribution in [0, 0.1) is 0 Å². The first-order valence-electron chi connectivity index (χ1n) is 6.80. The zero-order valence-electron chi connectivity index (χ0n) is 11.9. The smallest absolute Gasteiger partial charge is 0.0762 e. The maximum absolute atomic E-state index is 9.56. The van der Waals surface area contributed by atoms with E-state index >= 15 is 0 Å². The van der Waals surface area contributed by atoms with E-state index < -0.39 is 6.10 Å². The van der Waals surface area contributed by atoms with Crippen molar-refractivity contribution in [3.05, 3.63) is 64.7 Å². The SMILES string of the molecule is C[C@@H](O)c1ccc(N(C)CCc2ccccc2)c(Cl)c1. The van der Waals surface area contributed by atoms with Crippen molar-refractivity contribution in [1.29, 1.82) is 0 Å². The number of anilines is 1. The summed E-state index contributed by atoms with van der Waals surface area (Å²) >= 11 is 6.30. The molecule has 2 aromatic rings. The number of rotatable bonds is 5. The number of aliphatic hydroxyl groups is 1. The molecule has 0 aliphatic heterocycles. The van der Waals surface area contributed by atoms with E-state index in [0.29, 0.717) is 5.02 Å². The Hall–Kier alpha value is -1.51. The fourth-order valence-corrected chi connectivity index (χ4v) is 2.49. The molecule has 0 amide bonds. The fraction of sp³-hybridized carbons (Fsp3) is 0.294. The topological polar surface area (TPSA) is 23.5 Å². The second kappa shape index (κ2) is 6.78. The Morgan fingerprint density at radius 2 is 1.85 bits per heavy atom. The molecule has 0 aliphatic rings. The monoisotopic (exact) mass is 289 g/mol. The van der Waals surface area contributed by atoms with Gasteiger partial charge < -0.3 is 10.0 Å². The predicted octanol–water partition coefficient (Wildman–Crippen LogP) is 4.07. The maximum Gasteiger partial charge on any atom is 0.0762 e. The minimum atomic E-state index is -0.490. The number of halogens is 1. The molecular formula is C17H20ClNO. The van der Waals surface area contributed by atoms with Gasteiger partial charge in [-0.25, -0.2) is 0 Å². The van der Waals surface area contributed by atoms with Gasteiger partial charge in [0.15, 0.2) is 0 Å². The molecule has 20 heavy (non-hydrogen) atoms. The summed E-state index contributed by atoms with van der Waals surface area (Å²) in [5.74, 6) is 0. The van der Waals surface area contributed by atoms with Gasteiger partial charge in [0.25, 0.3) is 0 Å². The first-order chi connectivity index (χ1) is 9.58. The minimum Gasteiger partial charge on any atom is -0.389 e. The highest BCUT2D eigenvalue weighted by Crippen LogP contribution is 2.28. The van der Waals surface area contributed by atoms with E-state index in [9.17, 15) is 5.11 Å². The largest absolute Gasteiger partial charge is 0.389 e. The molecule has 0 bridgehead atoms. The summed E-state index contributed by atoms with van der Waals surface area (Å²) in [7, 11) is 2.03. The predicted molar refractivity (Wildman–Crippen MR) is 85.5 cm³/mol. The summed E-state index contributed by atoms with van der Waals surface area (Å²) in [6.45, 7) is 2.64. The van der Waals surface area contributed by atoms with Gasteiger partial charge in [-0.15, -0.1) is 0 Å². The summed E-state index contributed by atoms with van der Waals surface area (Å²) < 4.78 is 0. The molecule has 0 heterocycles. The van der Waals surface area contributed by atoms with Gasteiger partial charge >= 0.3 is 0 Å². The van der Waals surface area contributed by atoms with Crippen LogP contribution in [0.5, 0.6) is 0 Å². The van der Waals surface area contributed by atoms with Crippen molar-refractivity contribution in [1.82, 2.24) is 0 Å². The van der Waals surface area contributed by atoms with Gasteiger partial charge in [0.2, 0.25) is 0 Å². The molecule has 0 saturated heterocycles. The van der Waals surface area contributed by atoms with Gasteiger partial charge in [-0.05, 0) is 36.6 Å². The molecule has 2 rings (SSSR count). The molecule has 3 heteroatoms. The van der Waals surface area contributed by atoms with Gasteiger partial charge in [0.05, 0.1) is 16.8 Å². The van der Waals surface area contributed by atoms with Crippen LogP contribution in [0.25, 0.3) is 0 Å². The second-order valence-electron chi connectivity index (χ2n) is 5.04. The Balaban J connectivity index is 2.04. The molecule has 0 fully saturated rings. The summed E-state index contributed by atoms with van der Waals surface area (Å²) in [4.78, 5) is 2.14. The molecule has 0 saturated carbocycles. The first kappa shape index (κ1) is 14.9. The molecular weight excluding hydrogens is 270 g/mol. The van der Waals surface area contributed by atoms with Crippen molar-refractivity contribution in [2.24, 2.45) is 0 Å². The lowest BCUT2D eigenvalue weighted by Crippen LogP contribution is -2.20. The Morgan fingerprint density at radius 1 is 1.15 bits per heavy atom. The molecule has 2 aromatic carbocycles. The average molecular weight is 290 g/mol. The lowest BCUT2D eigenvalue weighted by atomic mass is 10.1. The Morgan fingerprint density at radius 3 is 2.45 bits per heavy atom. The lowest BCUT2D eigenvalue weighted by Gasteiger charge is -2.21. The van der Waals surface area contributed by atoms with E-state index in [2.05, 4.69) is 29.2 Å². The van der Waals surface area contributed by atoms with Crippen molar-refractivity contribution in [3.8, 4) is 0 Å². The first-order valence-corrected chi connectivity index (χ1v) is 7.18.